The van der Waals surface area contributed by atoms with Gasteiger partial charge in [0.1, 0.15) is 0 Å². The number of nitrogens with zero attached hydrogens (tertiary/aromatic N) is 1. The molecule has 0 N–H and O–H groups in total. The Morgan fingerprint density at radius 3 is 1.74 bits per heavy atom. The van der Waals surface area contributed by atoms with Crippen molar-refractivity contribution in [2.24, 2.45) is 11.3 Å². The van der Waals surface area contributed by atoms with E-state index in [1.165, 1.54) is 24.0 Å². The minimum absolute atomic E-state index is 0.569. The van der Waals surface area contributed by atoms with Gasteiger partial charge in [-0.15, -0.1) is 0 Å². The van der Waals surface area contributed by atoms with Crippen molar-refractivity contribution in [2.45, 2.75) is 52.7 Å². The van der Waals surface area contributed by atoms with Gasteiger partial charge in [0.2, 0.25) is 0 Å². The molecule has 0 radical (unpaired) electrons. The molecule has 1 aliphatic carbocycles. The predicted octanol–water partition coefficient (Wildman–Crippen LogP) is 5.51. The van der Waals surface area contributed by atoms with Crippen molar-refractivity contribution in [1.29, 1.82) is 0 Å². The minimum Gasteiger partial charge on any atom is -0.292 e. The van der Waals surface area contributed by atoms with Crippen LogP contribution in [0.25, 0.3) is 0 Å². The monoisotopic (exact) mass is 307 g/mol. The highest BCUT2D eigenvalue weighted by atomic mass is 15.1. The van der Waals surface area contributed by atoms with E-state index >= 15 is 0 Å². The van der Waals surface area contributed by atoms with E-state index in [-0.39, 0.29) is 0 Å². The lowest BCUT2D eigenvalue weighted by Crippen LogP contribution is -2.32. The first-order valence-electron chi connectivity index (χ1n) is 8.86. The first kappa shape index (κ1) is 16.3. The van der Waals surface area contributed by atoms with Crippen LogP contribution in [0.15, 0.2) is 60.7 Å². The van der Waals surface area contributed by atoms with Gasteiger partial charge in [0.05, 0.1) is 0 Å². The third-order valence-electron chi connectivity index (χ3n) is 5.42. The van der Waals surface area contributed by atoms with Gasteiger partial charge in [-0.3, -0.25) is 4.90 Å². The molecule has 1 aliphatic rings. The topological polar surface area (TPSA) is 3.24 Å². The van der Waals surface area contributed by atoms with E-state index < -0.39 is 0 Å². The van der Waals surface area contributed by atoms with E-state index in [1.807, 2.05) is 0 Å². The van der Waals surface area contributed by atoms with E-state index in [2.05, 4.69) is 86.3 Å². The van der Waals surface area contributed by atoms with Crippen LogP contribution >= 0.6 is 0 Å². The fraction of sp³-hybridized carbons (Fsp3) is 0.455. The lowest BCUT2D eigenvalue weighted by atomic mass is 10.0. The molecule has 0 saturated heterocycles. The van der Waals surface area contributed by atoms with Gasteiger partial charge in [-0.2, -0.15) is 0 Å². The summed E-state index contributed by atoms with van der Waals surface area (Å²) < 4.78 is 0. The fourth-order valence-electron chi connectivity index (χ4n) is 3.54. The zero-order chi connectivity index (χ0) is 16.3. The van der Waals surface area contributed by atoms with Crippen LogP contribution in [0.3, 0.4) is 0 Å². The summed E-state index contributed by atoms with van der Waals surface area (Å²) >= 11 is 0. The Balaban J connectivity index is 1.70. The van der Waals surface area contributed by atoms with Crippen LogP contribution in [0.2, 0.25) is 0 Å². The maximum absolute atomic E-state index is 2.64. The molecule has 122 valence electrons. The predicted molar refractivity (Wildman–Crippen MR) is 98.1 cm³/mol. The van der Waals surface area contributed by atoms with Gasteiger partial charge < -0.3 is 0 Å². The molecule has 0 amide bonds. The first-order valence-corrected chi connectivity index (χ1v) is 8.86. The summed E-state index contributed by atoms with van der Waals surface area (Å²) in [5.74, 6) is 0.895. The van der Waals surface area contributed by atoms with Gasteiger partial charge in [0, 0.05) is 19.1 Å². The fourth-order valence-corrected chi connectivity index (χ4v) is 3.54. The number of benzene rings is 2. The maximum Gasteiger partial charge on any atom is 0.0240 e. The summed E-state index contributed by atoms with van der Waals surface area (Å²) in [6.07, 6.45) is 2.70. The minimum atomic E-state index is 0.569. The van der Waals surface area contributed by atoms with E-state index in [1.54, 1.807) is 0 Å². The van der Waals surface area contributed by atoms with Crippen molar-refractivity contribution in [1.82, 2.24) is 4.90 Å². The molecule has 23 heavy (non-hydrogen) atoms. The Morgan fingerprint density at radius 1 is 0.913 bits per heavy atom. The lowest BCUT2D eigenvalue weighted by Gasteiger charge is -2.30. The summed E-state index contributed by atoms with van der Waals surface area (Å²) in [5, 5.41) is 0. The molecule has 2 aromatic carbocycles. The van der Waals surface area contributed by atoms with Crippen molar-refractivity contribution < 1.29 is 0 Å². The Bertz CT molecular complexity index is 561. The van der Waals surface area contributed by atoms with Crippen LogP contribution in [-0.2, 0) is 13.1 Å². The van der Waals surface area contributed by atoms with Crippen molar-refractivity contribution in [3.63, 3.8) is 0 Å². The normalized spacial score (nSPS) is 20.4. The Morgan fingerprint density at radius 2 is 1.35 bits per heavy atom. The van der Waals surface area contributed by atoms with Crippen LogP contribution < -0.4 is 0 Å². The average molecular weight is 307 g/mol. The molecule has 1 nitrogen and oxygen atoms in total. The van der Waals surface area contributed by atoms with E-state index in [9.17, 15) is 0 Å². The van der Waals surface area contributed by atoms with Crippen LogP contribution in [0.5, 0.6) is 0 Å². The molecule has 0 bridgehead atoms. The molecule has 1 fully saturated rings. The second kappa shape index (κ2) is 6.88. The van der Waals surface area contributed by atoms with Crippen molar-refractivity contribution in [3.8, 4) is 0 Å². The van der Waals surface area contributed by atoms with E-state index in [0.29, 0.717) is 11.5 Å². The molecule has 0 unspecified atom stereocenters. The Labute approximate surface area is 141 Å². The maximum atomic E-state index is 2.64. The molecule has 1 heteroatoms. The molecular formula is C22H29N. The largest absolute Gasteiger partial charge is 0.292 e. The van der Waals surface area contributed by atoms with Crippen LogP contribution in [0, 0.1) is 11.3 Å². The molecule has 1 saturated carbocycles. The number of hydrogen-bond acceptors (Lipinski definition) is 1. The highest BCUT2D eigenvalue weighted by Gasteiger charge is 2.46. The summed E-state index contributed by atoms with van der Waals surface area (Å²) in [4.78, 5) is 2.64. The highest BCUT2D eigenvalue weighted by Crippen LogP contribution is 2.54. The summed E-state index contributed by atoms with van der Waals surface area (Å²) in [7, 11) is 0. The van der Waals surface area contributed by atoms with Crippen LogP contribution in [0.4, 0.5) is 0 Å². The number of rotatable bonds is 7. The first-order chi connectivity index (χ1) is 11.0. The molecule has 0 spiro atoms. The van der Waals surface area contributed by atoms with Crippen molar-refractivity contribution in [3.05, 3.63) is 71.8 Å². The zero-order valence-corrected chi connectivity index (χ0v) is 14.7. The van der Waals surface area contributed by atoms with Gasteiger partial charge in [0.15, 0.2) is 0 Å². The molecule has 2 aromatic rings. The van der Waals surface area contributed by atoms with Gasteiger partial charge in [-0.05, 0) is 42.2 Å². The third-order valence-corrected chi connectivity index (χ3v) is 5.42. The van der Waals surface area contributed by atoms with Crippen molar-refractivity contribution in [2.75, 3.05) is 0 Å². The van der Waals surface area contributed by atoms with Gasteiger partial charge in [0.25, 0.3) is 0 Å². The summed E-state index contributed by atoms with van der Waals surface area (Å²) in [6, 6.07) is 22.4. The average Bonchev–Trinajstić information content (AvgIpc) is 3.15. The summed E-state index contributed by atoms with van der Waals surface area (Å²) in [5.41, 5.74) is 3.38. The summed E-state index contributed by atoms with van der Waals surface area (Å²) in [6.45, 7) is 9.28. The smallest absolute Gasteiger partial charge is 0.0240 e. The quantitative estimate of drug-likeness (QED) is 0.651. The van der Waals surface area contributed by atoms with E-state index in [0.717, 1.165) is 19.0 Å². The van der Waals surface area contributed by atoms with Gasteiger partial charge >= 0.3 is 0 Å². The van der Waals surface area contributed by atoms with Crippen LogP contribution in [-0.4, -0.2) is 10.9 Å². The molecule has 2 atom stereocenters. The molecule has 0 aliphatic heterocycles. The molecule has 0 heterocycles. The number of hydrogen-bond donors (Lipinski definition) is 0. The van der Waals surface area contributed by atoms with Crippen LogP contribution in [0.1, 0.15) is 44.7 Å². The lowest BCUT2D eigenvalue weighted by molar-refractivity contribution is 0.172. The Kier molecular flexibility index (Phi) is 4.87. The second-order valence-electron chi connectivity index (χ2n) is 7.85. The van der Waals surface area contributed by atoms with Gasteiger partial charge in [-0.1, -0.05) is 74.5 Å². The third kappa shape index (κ3) is 4.45. The zero-order valence-electron chi connectivity index (χ0n) is 14.7. The molecular weight excluding hydrogens is 278 g/mol. The SMILES string of the molecule is C[C@@H](C[C@@H]1CC1(C)C)N(Cc1ccccc1)Cc1ccccc1. The molecule has 3 rings (SSSR count). The Hall–Kier alpha value is -1.60. The van der Waals surface area contributed by atoms with Gasteiger partial charge in [-0.25, -0.2) is 0 Å². The highest BCUT2D eigenvalue weighted by molar-refractivity contribution is 5.17. The van der Waals surface area contributed by atoms with Crippen molar-refractivity contribution >= 4 is 0 Å². The second-order valence-corrected chi connectivity index (χ2v) is 7.85. The standard InChI is InChI=1S/C22H29N/c1-18(14-21-15-22(21,2)3)23(16-19-10-6-4-7-11-19)17-20-12-8-5-9-13-20/h4-13,18,21H,14-17H2,1-3H3/t18-,21+/m0/s1. The van der Waals surface area contributed by atoms with E-state index in [4.69, 9.17) is 0 Å². The molecule has 0 aromatic heterocycles.